The molecule has 20 heavy (non-hydrogen) atoms. The number of hydrogen-bond acceptors (Lipinski definition) is 2. The van der Waals surface area contributed by atoms with Gasteiger partial charge >= 0.3 is 0 Å². The fourth-order valence-corrected chi connectivity index (χ4v) is 1.96. The zero-order valence-corrected chi connectivity index (χ0v) is 11.0. The number of rotatable bonds is 4. The van der Waals surface area contributed by atoms with Crippen LogP contribution >= 0.6 is 11.6 Å². The second-order valence-electron chi connectivity index (χ2n) is 4.16. The zero-order valence-electron chi connectivity index (χ0n) is 10.2. The lowest BCUT2D eigenvalue weighted by Gasteiger charge is -2.18. The van der Waals surface area contributed by atoms with Gasteiger partial charge < -0.3 is 11.1 Å². The SMILES string of the molecule is NC(=O)C(Nc1cccc(F)c1)c1cc(Cl)ccc1F. The summed E-state index contributed by atoms with van der Waals surface area (Å²) >= 11 is 5.79. The monoisotopic (exact) mass is 296 g/mol. The van der Waals surface area contributed by atoms with Crippen LogP contribution in [0, 0.1) is 11.6 Å². The summed E-state index contributed by atoms with van der Waals surface area (Å²) in [7, 11) is 0. The van der Waals surface area contributed by atoms with E-state index in [2.05, 4.69) is 5.32 Å². The molecule has 0 aliphatic carbocycles. The Kier molecular flexibility index (Phi) is 4.20. The van der Waals surface area contributed by atoms with Gasteiger partial charge in [0.2, 0.25) is 5.91 Å². The van der Waals surface area contributed by atoms with E-state index in [9.17, 15) is 13.6 Å². The van der Waals surface area contributed by atoms with Crippen molar-refractivity contribution >= 4 is 23.2 Å². The Balaban J connectivity index is 2.37. The molecule has 2 aromatic carbocycles. The summed E-state index contributed by atoms with van der Waals surface area (Å²) in [4.78, 5) is 11.5. The summed E-state index contributed by atoms with van der Waals surface area (Å²) in [6.45, 7) is 0. The standard InChI is InChI=1S/C14H11ClF2N2O/c15-8-4-5-12(17)11(6-8)13(14(18)20)19-10-3-1-2-9(16)7-10/h1-7,13,19H,(H2,18,20). The van der Waals surface area contributed by atoms with E-state index in [4.69, 9.17) is 17.3 Å². The highest BCUT2D eigenvalue weighted by molar-refractivity contribution is 6.30. The number of carbonyl (C=O) groups excluding carboxylic acids is 1. The lowest BCUT2D eigenvalue weighted by Crippen LogP contribution is -2.28. The number of nitrogens with two attached hydrogens (primary N) is 1. The average Bonchev–Trinajstić information content (AvgIpc) is 2.39. The number of nitrogens with one attached hydrogen (secondary N) is 1. The fourth-order valence-electron chi connectivity index (χ4n) is 1.78. The van der Waals surface area contributed by atoms with Crippen LogP contribution in [0.1, 0.15) is 11.6 Å². The lowest BCUT2D eigenvalue weighted by atomic mass is 10.1. The first kappa shape index (κ1) is 14.3. The molecule has 1 atom stereocenters. The summed E-state index contributed by atoms with van der Waals surface area (Å²) in [6, 6.07) is 8.10. The minimum absolute atomic E-state index is 0.00858. The quantitative estimate of drug-likeness (QED) is 0.910. The number of carbonyl (C=O) groups is 1. The summed E-state index contributed by atoms with van der Waals surface area (Å²) in [5.74, 6) is -1.90. The van der Waals surface area contributed by atoms with Crippen molar-refractivity contribution < 1.29 is 13.6 Å². The third kappa shape index (κ3) is 3.24. The summed E-state index contributed by atoms with van der Waals surface area (Å²) in [6.07, 6.45) is 0. The van der Waals surface area contributed by atoms with Crippen molar-refractivity contribution in [1.82, 2.24) is 0 Å². The largest absolute Gasteiger partial charge is 0.370 e. The first-order chi connectivity index (χ1) is 9.47. The summed E-state index contributed by atoms with van der Waals surface area (Å²) in [5, 5.41) is 2.96. The first-order valence-corrected chi connectivity index (χ1v) is 6.11. The van der Waals surface area contributed by atoms with Crippen LogP contribution in [-0.4, -0.2) is 5.91 Å². The third-order valence-corrected chi connectivity index (χ3v) is 2.92. The topological polar surface area (TPSA) is 55.1 Å². The number of anilines is 1. The molecule has 0 aliphatic heterocycles. The highest BCUT2D eigenvalue weighted by Gasteiger charge is 2.21. The van der Waals surface area contributed by atoms with Crippen molar-refractivity contribution in [3.8, 4) is 0 Å². The van der Waals surface area contributed by atoms with E-state index >= 15 is 0 Å². The molecule has 3 N–H and O–H groups in total. The van der Waals surface area contributed by atoms with Gasteiger partial charge in [-0.1, -0.05) is 17.7 Å². The van der Waals surface area contributed by atoms with Gasteiger partial charge in [0.25, 0.3) is 0 Å². The van der Waals surface area contributed by atoms with Crippen molar-refractivity contribution in [2.75, 3.05) is 5.32 Å². The van der Waals surface area contributed by atoms with Gasteiger partial charge in [-0.15, -0.1) is 0 Å². The van der Waals surface area contributed by atoms with E-state index in [1.807, 2.05) is 0 Å². The Bertz CT molecular complexity index is 649. The predicted octanol–water partition coefficient (Wildman–Crippen LogP) is 3.26. The van der Waals surface area contributed by atoms with Crippen LogP contribution in [-0.2, 0) is 4.79 Å². The molecule has 6 heteroatoms. The van der Waals surface area contributed by atoms with Crippen LogP contribution in [0.2, 0.25) is 5.02 Å². The van der Waals surface area contributed by atoms with Gasteiger partial charge in [-0.25, -0.2) is 8.78 Å². The number of hydrogen-bond donors (Lipinski definition) is 2. The third-order valence-electron chi connectivity index (χ3n) is 2.69. The van der Waals surface area contributed by atoms with Crippen LogP contribution in [0.4, 0.5) is 14.5 Å². The molecule has 0 saturated carbocycles. The van der Waals surface area contributed by atoms with Crippen molar-refractivity contribution in [3.63, 3.8) is 0 Å². The Labute approximate surface area is 119 Å². The molecule has 0 aromatic heterocycles. The van der Waals surface area contributed by atoms with E-state index < -0.39 is 23.6 Å². The van der Waals surface area contributed by atoms with Crippen molar-refractivity contribution in [2.24, 2.45) is 5.73 Å². The average molecular weight is 297 g/mol. The molecule has 2 aromatic rings. The molecule has 2 rings (SSSR count). The highest BCUT2D eigenvalue weighted by atomic mass is 35.5. The number of primary amides is 1. The molecule has 0 radical (unpaired) electrons. The molecular weight excluding hydrogens is 286 g/mol. The van der Waals surface area contributed by atoms with Crippen LogP contribution in [0.25, 0.3) is 0 Å². The lowest BCUT2D eigenvalue weighted by molar-refractivity contribution is -0.118. The predicted molar refractivity (Wildman–Crippen MR) is 73.4 cm³/mol. The van der Waals surface area contributed by atoms with Gasteiger partial charge in [-0.05, 0) is 36.4 Å². The molecule has 0 saturated heterocycles. The van der Waals surface area contributed by atoms with Gasteiger partial charge in [-0.2, -0.15) is 0 Å². The fraction of sp³-hybridized carbons (Fsp3) is 0.0714. The smallest absolute Gasteiger partial charge is 0.244 e. The number of amides is 1. The van der Waals surface area contributed by atoms with Crippen LogP contribution in [0.3, 0.4) is 0 Å². The van der Waals surface area contributed by atoms with Gasteiger partial charge in [0.1, 0.15) is 17.7 Å². The molecule has 0 fully saturated rings. The van der Waals surface area contributed by atoms with Crippen LogP contribution in [0.15, 0.2) is 42.5 Å². The van der Waals surface area contributed by atoms with E-state index in [-0.39, 0.29) is 10.6 Å². The van der Waals surface area contributed by atoms with Gasteiger partial charge in [0, 0.05) is 16.3 Å². The number of halogens is 3. The molecule has 104 valence electrons. The Morgan fingerprint density at radius 3 is 2.60 bits per heavy atom. The molecular formula is C14H11ClF2N2O. The maximum atomic E-state index is 13.8. The van der Waals surface area contributed by atoms with Gasteiger partial charge in [0.05, 0.1) is 0 Å². The maximum Gasteiger partial charge on any atom is 0.244 e. The van der Waals surface area contributed by atoms with Crippen LogP contribution in [0.5, 0.6) is 0 Å². The van der Waals surface area contributed by atoms with E-state index in [1.54, 1.807) is 6.07 Å². The maximum absolute atomic E-state index is 13.8. The second kappa shape index (κ2) is 5.88. The molecule has 0 heterocycles. The Morgan fingerprint density at radius 1 is 1.20 bits per heavy atom. The Morgan fingerprint density at radius 2 is 1.95 bits per heavy atom. The van der Waals surface area contributed by atoms with Gasteiger partial charge in [-0.3, -0.25) is 4.79 Å². The normalized spacial score (nSPS) is 11.9. The Hall–Kier alpha value is -2.14. The van der Waals surface area contributed by atoms with E-state index in [1.165, 1.54) is 30.3 Å². The summed E-state index contributed by atoms with van der Waals surface area (Å²) in [5.41, 5.74) is 5.59. The highest BCUT2D eigenvalue weighted by Crippen LogP contribution is 2.25. The van der Waals surface area contributed by atoms with E-state index in [0.717, 1.165) is 6.07 Å². The van der Waals surface area contributed by atoms with E-state index in [0.29, 0.717) is 5.69 Å². The molecule has 1 amide bonds. The minimum Gasteiger partial charge on any atom is -0.370 e. The molecule has 0 aliphatic rings. The van der Waals surface area contributed by atoms with Crippen molar-refractivity contribution in [2.45, 2.75) is 6.04 Å². The van der Waals surface area contributed by atoms with Crippen LogP contribution < -0.4 is 11.1 Å². The number of benzene rings is 2. The van der Waals surface area contributed by atoms with Crippen molar-refractivity contribution in [1.29, 1.82) is 0 Å². The molecule has 1 unspecified atom stereocenters. The molecule has 0 spiro atoms. The van der Waals surface area contributed by atoms with Crippen molar-refractivity contribution in [3.05, 3.63) is 64.7 Å². The first-order valence-electron chi connectivity index (χ1n) is 5.74. The minimum atomic E-state index is -1.14. The second-order valence-corrected chi connectivity index (χ2v) is 4.59. The zero-order chi connectivity index (χ0) is 14.7. The molecule has 0 bridgehead atoms. The summed E-state index contributed by atoms with van der Waals surface area (Å²) < 4.78 is 26.9. The molecule has 3 nitrogen and oxygen atoms in total. The van der Waals surface area contributed by atoms with Gasteiger partial charge in [0.15, 0.2) is 0 Å².